The SMILES string of the molecule is CC(C)C(=O)Cc1ccc2c(c1)C(S(=O)(=O)c1cccc(Cl)c1)C[C@H](CO)C2. The Labute approximate surface area is 171 Å². The van der Waals surface area contributed by atoms with Gasteiger partial charge in [0.25, 0.3) is 0 Å². The summed E-state index contributed by atoms with van der Waals surface area (Å²) in [7, 11) is -3.68. The predicted octanol–water partition coefficient (Wildman–Crippen LogP) is 4.18. The van der Waals surface area contributed by atoms with E-state index in [1.54, 1.807) is 18.2 Å². The Balaban J connectivity index is 2.06. The summed E-state index contributed by atoms with van der Waals surface area (Å²) in [5.41, 5.74) is 2.48. The van der Waals surface area contributed by atoms with Crippen molar-refractivity contribution in [3.05, 3.63) is 64.2 Å². The first-order valence-electron chi connectivity index (χ1n) is 9.47. The molecule has 0 amide bonds. The van der Waals surface area contributed by atoms with Crippen LogP contribution in [0.15, 0.2) is 47.4 Å². The number of rotatable bonds is 6. The van der Waals surface area contributed by atoms with Gasteiger partial charge in [-0.15, -0.1) is 0 Å². The summed E-state index contributed by atoms with van der Waals surface area (Å²) in [5, 5.41) is 9.29. The number of carbonyl (C=O) groups excluding carboxylic acids is 1. The molecule has 28 heavy (non-hydrogen) atoms. The van der Waals surface area contributed by atoms with Gasteiger partial charge in [0.05, 0.1) is 10.1 Å². The Hall–Kier alpha value is -1.69. The van der Waals surface area contributed by atoms with Crippen molar-refractivity contribution < 1.29 is 18.3 Å². The summed E-state index contributed by atoms with van der Waals surface area (Å²) in [6.07, 6.45) is 1.27. The second-order valence-electron chi connectivity index (χ2n) is 7.81. The van der Waals surface area contributed by atoms with Gasteiger partial charge in [-0.25, -0.2) is 8.42 Å². The highest BCUT2D eigenvalue weighted by atomic mass is 35.5. The number of aliphatic hydroxyl groups excluding tert-OH is 1. The van der Waals surface area contributed by atoms with Crippen molar-refractivity contribution in [2.24, 2.45) is 11.8 Å². The minimum Gasteiger partial charge on any atom is -0.396 e. The monoisotopic (exact) mass is 420 g/mol. The molecule has 0 saturated heterocycles. The standard InChI is InChI=1S/C22H25ClO4S/c1-14(2)21(25)10-15-6-7-17-8-16(13-24)11-22(20(17)9-15)28(26,27)19-5-3-4-18(23)12-19/h3-7,9,12,14,16,22,24H,8,10-11,13H2,1-2H3/t16-,22?/m1/s1. The number of hydrogen-bond acceptors (Lipinski definition) is 4. The average molecular weight is 421 g/mol. The molecule has 1 aliphatic carbocycles. The second kappa shape index (κ2) is 8.36. The largest absolute Gasteiger partial charge is 0.396 e. The van der Waals surface area contributed by atoms with Gasteiger partial charge in [-0.3, -0.25) is 4.79 Å². The van der Waals surface area contributed by atoms with Crippen LogP contribution in [0.25, 0.3) is 0 Å². The summed E-state index contributed by atoms with van der Waals surface area (Å²) in [5.74, 6) is -0.0614. The number of hydrogen-bond donors (Lipinski definition) is 1. The van der Waals surface area contributed by atoms with Crippen LogP contribution in [0.2, 0.25) is 5.02 Å². The first-order valence-corrected chi connectivity index (χ1v) is 11.4. The third-order valence-electron chi connectivity index (χ3n) is 5.39. The highest BCUT2D eigenvalue weighted by Crippen LogP contribution is 2.42. The van der Waals surface area contributed by atoms with Crippen LogP contribution in [0.4, 0.5) is 0 Å². The van der Waals surface area contributed by atoms with E-state index < -0.39 is 15.1 Å². The van der Waals surface area contributed by atoms with E-state index in [-0.39, 0.29) is 35.5 Å². The van der Waals surface area contributed by atoms with E-state index in [9.17, 15) is 18.3 Å². The average Bonchev–Trinajstić information content (AvgIpc) is 2.66. The lowest BCUT2D eigenvalue weighted by atomic mass is 9.82. The first-order chi connectivity index (χ1) is 13.2. The van der Waals surface area contributed by atoms with E-state index in [0.29, 0.717) is 17.9 Å². The zero-order valence-corrected chi connectivity index (χ0v) is 17.6. The maximum absolute atomic E-state index is 13.4. The van der Waals surface area contributed by atoms with Crippen LogP contribution in [0, 0.1) is 11.8 Å². The maximum Gasteiger partial charge on any atom is 0.185 e. The number of aliphatic hydroxyl groups is 1. The second-order valence-corrected chi connectivity index (χ2v) is 10.4. The molecule has 6 heteroatoms. The van der Waals surface area contributed by atoms with E-state index >= 15 is 0 Å². The summed E-state index contributed by atoms with van der Waals surface area (Å²) in [6, 6.07) is 11.9. The van der Waals surface area contributed by atoms with Crippen LogP contribution >= 0.6 is 11.6 Å². The third kappa shape index (κ3) is 4.32. The van der Waals surface area contributed by atoms with Crippen LogP contribution in [-0.2, 0) is 27.5 Å². The van der Waals surface area contributed by atoms with Crippen molar-refractivity contribution in [1.29, 1.82) is 0 Å². The molecule has 0 aliphatic heterocycles. The molecule has 2 atom stereocenters. The van der Waals surface area contributed by atoms with Gasteiger partial charge in [0.15, 0.2) is 9.84 Å². The maximum atomic E-state index is 13.4. The highest BCUT2D eigenvalue weighted by molar-refractivity contribution is 7.91. The minimum absolute atomic E-state index is 0.0609. The van der Waals surface area contributed by atoms with Gasteiger partial charge in [0.2, 0.25) is 0 Å². The topological polar surface area (TPSA) is 71.4 Å². The summed E-state index contributed by atoms with van der Waals surface area (Å²) in [4.78, 5) is 12.3. The molecule has 0 spiro atoms. The number of halogens is 1. The number of fused-ring (bicyclic) bond motifs is 1. The fourth-order valence-electron chi connectivity index (χ4n) is 3.71. The van der Waals surface area contributed by atoms with E-state index in [1.807, 2.05) is 32.0 Å². The fraction of sp³-hybridized carbons (Fsp3) is 0.409. The molecule has 1 unspecified atom stereocenters. The van der Waals surface area contributed by atoms with Crippen molar-refractivity contribution in [3.8, 4) is 0 Å². The number of sulfone groups is 1. The Kier molecular flexibility index (Phi) is 6.28. The van der Waals surface area contributed by atoms with Gasteiger partial charge in [-0.1, -0.05) is 49.7 Å². The van der Waals surface area contributed by atoms with Gasteiger partial charge >= 0.3 is 0 Å². The van der Waals surface area contributed by atoms with Gasteiger partial charge in [-0.05, 0) is 53.6 Å². The molecule has 0 saturated carbocycles. The Morgan fingerprint density at radius 2 is 1.96 bits per heavy atom. The molecule has 3 rings (SSSR count). The zero-order chi connectivity index (χ0) is 20.5. The smallest absolute Gasteiger partial charge is 0.185 e. The van der Waals surface area contributed by atoms with Crippen LogP contribution in [0.1, 0.15) is 42.2 Å². The summed E-state index contributed by atoms with van der Waals surface area (Å²) in [6.45, 7) is 3.66. The fourth-order valence-corrected chi connectivity index (χ4v) is 5.93. The van der Waals surface area contributed by atoms with Crippen molar-refractivity contribution >= 4 is 27.2 Å². The summed E-state index contributed by atoms with van der Waals surface area (Å²) >= 11 is 6.02. The van der Waals surface area contributed by atoms with Crippen molar-refractivity contribution in [2.45, 2.75) is 43.3 Å². The van der Waals surface area contributed by atoms with Crippen LogP contribution in [0.3, 0.4) is 0 Å². The lowest BCUT2D eigenvalue weighted by Crippen LogP contribution is -2.27. The lowest BCUT2D eigenvalue weighted by Gasteiger charge is -2.31. The Morgan fingerprint density at radius 1 is 1.21 bits per heavy atom. The number of carbonyl (C=O) groups is 1. The molecule has 2 aromatic rings. The van der Waals surface area contributed by atoms with Crippen LogP contribution in [-0.4, -0.2) is 25.9 Å². The quantitative estimate of drug-likeness (QED) is 0.761. The van der Waals surface area contributed by atoms with Gasteiger partial charge in [0, 0.05) is 24.0 Å². The van der Waals surface area contributed by atoms with E-state index in [4.69, 9.17) is 11.6 Å². The van der Waals surface area contributed by atoms with Gasteiger partial charge in [-0.2, -0.15) is 0 Å². The number of Topliss-reactive ketones (excluding diaryl/α,β-unsaturated/α-hetero) is 1. The zero-order valence-electron chi connectivity index (χ0n) is 16.1. The van der Waals surface area contributed by atoms with E-state index in [0.717, 1.165) is 16.7 Å². The molecule has 1 aliphatic rings. The van der Waals surface area contributed by atoms with Crippen molar-refractivity contribution in [2.75, 3.05) is 6.61 Å². The Morgan fingerprint density at radius 3 is 2.61 bits per heavy atom. The number of benzene rings is 2. The van der Waals surface area contributed by atoms with Gasteiger partial charge in [0.1, 0.15) is 5.78 Å². The predicted molar refractivity (Wildman–Crippen MR) is 110 cm³/mol. The molecule has 2 aromatic carbocycles. The molecular formula is C22H25ClO4S. The van der Waals surface area contributed by atoms with Crippen molar-refractivity contribution in [3.63, 3.8) is 0 Å². The summed E-state index contributed by atoms with van der Waals surface area (Å²) < 4.78 is 26.8. The van der Waals surface area contributed by atoms with E-state index in [1.165, 1.54) is 6.07 Å². The number of ketones is 1. The minimum atomic E-state index is -3.68. The van der Waals surface area contributed by atoms with Gasteiger partial charge < -0.3 is 5.11 Å². The lowest BCUT2D eigenvalue weighted by molar-refractivity contribution is -0.121. The Bertz CT molecular complexity index is 982. The molecular weight excluding hydrogens is 396 g/mol. The van der Waals surface area contributed by atoms with E-state index in [2.05, 4.69) is 0 Å². The molecule has 0 bridgehead atoms. The van der Waals surface area contributed by atoms with Crippen LogP contribution in [0.5, 0.6) is 0 Å². The highest BCUT2D eigenvalue weighted by Gasteiger charge is 2.36. The molecule has 4 nitrogen and oxygen atoms in total. The third-order valence-corrected chi connectivity index (χ3v) is 7.73. The molecule has 0 heterocycles. The first kappa shape index (κ1) is 21.0. The molecule has 150 valence electrons. The van der Waals surface area contributed by atoms with Crippen molar-refractivity contribution in [1.82, 2.24) is 0 Å². The van der Waals surface area contributed by atoms with Crippen LogP contribution < -0.4 is 0 Å². The molecule has 0 radical (unpaired) electrons. The molecule has 0 aromatic heterocycles. The normalized spacial score (nSPS) is 19.5. The molecule has 1 N–H and O–H groups in total. The molecule has 0 fully saturated rings.